The van der Waals surface area contributed by atoms with Crippen LogP contribution in [0, 0.1) is 3.57 Å². The lowest BCUT2D eigenvalue weighted by molar-refractivity contribution is -0.136. The molecular formula is C19H16IN5O2. The van der Waals surface area contributed by atoms with E-state index in [-0.39, 0.29) is 12.4 Å². The van der Waals surface area contributed by atoms with E-state index in [4.69, 9.17) is 16.6 Å². The molecule has 2 aromatic heterocycles. The number of aromatic nitrogens is 3. The first-order valence-electron chi connectivity index (χ1n) is 8.27. The minimum absolute atomic E-state index is 0.113. The fourth-order valence-corrected chi connectivity index (χ4v) is 4.26. The van der Waals surface area contributed by atoms with Gasteiger partial charge in [0.15, 0.2) is 5.95 Å². The Balaban J connectivity index is 1.92. The summed E-state index contributed by atoms with van der Waals surface area (Å²) in [5.74, 6) is -0.176. The number of nitrogens with one attached hydrogen (secondary N) is 1. The number of nitrogens with two attached hydrogens (primary N) is 2. The molecule has 6 N–H and O–H groups in total. The first kappa shape index (κ1) is 17.5. The summed E-state index contributed by atoms with van der Waals surface area (Å²) in [4.78, 5) is 22.6. The van der Waals surface area contributed by atoms with Crippen LogP contribution in [0.1, 0.15) is 12.0 Å². The normalized spacial score (nSPS) is 11.3. The highest BCUT2D eigenvalue weighted by Crippen LogP contribution is 2.40. The quantitative estimate of drug-likeness (QED) is 0.336. The molecule has 0 bridgehead atoms. The van der Waals surface area contributed by atoms with E-state index in [9.17, 15) is 4.79 Å². The van der Waals surface area contributed by atoms with Crippen LogP contribution in [-0.4, -0.2) is 26.0 Å². The molecule has 4 rings (SSSR count). The van der Waals surface area contributed by atoms with E-state index < -0.39 is 5.97 Å². The second kappa shape index (κ2) is 6.69. The third kappa shape index (κ3) is 3.05. The third-order valence-corrected chi connectivity index (χ3v) is 5.59. The molecule has 0 aliphatic rings. The predicted molar refractivity (Wildman–Crippen MR) is 114 cm³/mol. The Morgan fingerprint density at radius 1 is 1.19 bits per heavy atom. The van der Waals surface area contributed by atoms with Crippen molar-refractivity contribution < 1.29 is 9.90 Å². The number of hydrogen-bond donors (Lipinski definition) is 4. The largest absolute Gasteiger partial charge is 0.481 e. The lowest BCUT2D eigenvalue weighted by Gasteiger charge is -2.13. The Bertz CT molecular complexity index is 1180. The molecule has 27 heavy (non-hydrogen) atoms. The fraction of sp³-hybridized carbons (Fsp3) is 0.105. The average molecular weight is 473 g/mol. The van der Waals surface area contributed by atoms with Crippen LogP contribution in [0.2, 0.25) is 0 Å². The van der Waals surface area contributed by atoms with E-state index in [1.165, 1.54) is 0 Å². The molecule has 8 heteroatoms. The molecule has 136 valence electrons. The molecule has 7 nitrogen and oxygen atoms in total. The molecule has 2 aromatic carbocycles. The van der Waals surface area contributed by atoms with Gasteiger partial charge in [-0.25, -0.2) is 0 Å². The van der Waals surface area contributed by atoms with Gasteiger partial charge in [0.1, 0.15) is 5.82 Å². The first-order valence-corrected chi connectivity index (χ1v) is 9.35. The molecule has 0 amide bonds. The van der Waals surface area contributed by atoms with Gasteiger partial charge in [0.25, 0.3) is 0 Å². The van der Waals surface area contributed by atoms with Crippen molar-refractivity contribution in [2.24, 2.45) is 0 Å². The standard InChI is InChI=1S/C19H16IN5O2/c20-15-13(10-4-1-9(2-5-10)3-6-12(26)27)16-11(7-8-23-16)14-17(15)24-19(22)25-18(14)21/h1-2,4-5,7-8H,3,6,21H2,(H,26,27)(H3,22,24,25). The highest BCUT2D eigenvalue weighted by atomic mass is 127. The number of hydrogen-bond acceptors (Lipinski definition) is 5. The van der Waals surface area contributed by atoms with Crippen molar-refractivity contribution in [3.8, 4) is 11.1 Å². The van der Waals surface area contributed by atoms with Gasteiger partial charge >= 0.3 is 5.97 Å². The smallest absolute Gasteiger partial charge is 0.303 e. The maximum atomic E-state index is 10.8. The summed E-state index contributed by atoms with van der Waals surface area (Å²) in [5.41, 5.74) is 16.6. The number of aromatic amines is 1. The Hall–Kier alpha value is -2.88. The predicted octanol–water partition coefficient (Wildman–Crippen LogP) is 3.56. The van der Waals surface area contributed by atoms with Gasteiger partial charge in [-0.3, -0.25) is 9.78 Å². The van der Waals surface area contributed by atoms with Crippen LogP contribution < -0.4 is 11.5 Å². The van der Waals surface area contributed by atoms with Crippen LogP contribution >= 0.6 is 22.6 Å². The van der Waals surface area contributed by atoms with Crippen LogP contribution in [-0.2, 0) is 11.2 Å². The number of H-pyrrole nitrogens is 1. The number of benzene rings is 2. The van der Waals surface area contributed by atoms with Crippen molar-refractivity contribution in [3.63, 3.8) is 0 Å². The third-order valence-electron chi connectivity index (χ3n) is 4.52. The second-order valence-electron chi connectivity index (χ2n) is 6.24. The summed E-state index contributed by atoms with van der Waals surface area (Å²) < 4.78 is 0.952. The molecular weight excluding hydrogens is 457 g/mol. The molecule has 0 spiro atoms. The molecule has 0 saturated carbocycles. The van der Waals surface area contributed by atoms with Gasteiger partial charge in [0, 0.05) is 27.1 Å². The molecule has 0 aliphatic carbocycles. The molecule has 0 fully saturated rings. The number of anilines is 2. The van der Waals surface area contributed by atoms with E-state index in [0.29, 0.717) is 12.2 Å². The van der Waals surface area contributed by atoms with Gasteiger partial charge < -0.3 is 21.6 Å². The SMILES string of the molecule is Nc1nc(N)c2c([nH]1)c(I)c(-c1ccc(CCC(=O)O)cc1)c1nccc12. The van der Waals surface area contributed by atoms with Crippen molar-refractivity contribution >= 4 is 62.1 Å². The summed E-state index contributed by atoms with van der Waals surface area (Å²) in [5, 5.41) is 10.6. The number of carbonyl (C=O) groups is 1. The summed E-state index contributed by atoms with van der Waals surface area (Å²) >= 11 is 2.27. The van der Waals surface area contributed by atoms with Crippen molar-refractivity contribution in [1.29, 1.82) is 0 Å². The molecule has 0 radical (unpaired) electrons. The number of rotatable bonds is 4. The van der Waals surface area contributed by atoms with Gasteiger partial charge in [-0.15, -0.1) is 0 Å². The van der Waals surface area contributed by atoms with E-state index in [2.05, 4.69) is 37.5 Å². The second-order valence-corrected chi connectivity index (χ2v) is 7.32. The summed E-state index contributed by atoms with van der Waals surface area (Å²) in [6.07, 6.45) is 2.36. The minimum atomic E-state index is -0.801. The van der Waals surface area contributed by atoms with Gasteiger partial charge in [0.05, 0.1) is 16.4 Å². The van der Waals surface area contributed by atoms with E-state index in [1.807, 2.05) is 30.3 Å². The minimum Gasteiger partial charge on any atom is -0.481 e. The van der Waals surface area contributed by atoms with Crippen molar-refractivity contribution in [1.82, 2.24) is 15.0 Å². The topological polar surface area (TPSA) is 131 Å². The average Bonchev–Trinajstić information content (AvgIpc) is 3.09. The number of carboxylic acids is 1. The number of aryl methyl sites for hydroxylation is 1. The zero-order valence-corrected chi connectivity index (χ0v) is 16.3. The highest BCUT2D eigenvalue weighted by molar-refractivity contribution is 14.1. The monoisotopic (exact) mass is 473 g/mol. The number of fused-ring (bicyclic) bond motifs is 3. The first-order chi connectivity index (χ1) is 13.0. The highest BCUT2D eigenvalue weighted by Gasteiger charge is 2.19. The van der Waals surface area contributed by atoms with Crippen molar-refractivity contribution in [3.05, 3.63) is 45.7 Å². The van der Waals surface area contributed by atoms with E-state index in [1.54, 1.807) is 6.20 Å². The Morgan fingerprint density at radius 3 is 2.63 bits per heavy atom. The van der Waals surface area contributed by atoms with Gasteiger partial charge in [0.2, 0.25) is 0 Å². The molecule has 2 heterocycles. The maximum Gasteiger partial charge on any atom is 0.303 e. The lowest BCUT2D eigenvalue weighted by Crippen LogP contribution is -2.03. The van der Waals surface area contributed by atoms with Crippen molar-refractivity contribution in [2.75, 3.05) is 11.5 Å². The van der Waals surface area contributed by atoms with Crippen LogP contribution in [0.5, 0.6) is 0 Å². The molecule has 0 atom stereocenters. The van der Waals surface area contributed by atoms with Crippen LogP contribution in [0.4, 0.5) is 11.8 Å². The van der Waals surface area contributed by atoms with Gasteiger partial charge in [-0.05, 0) is 46.2 Å². The van der Waals surface area contributed by atoms with E-state index in [0.717, 1.165) is 42.1 Å². The zero-order chi connectivity index (χ0) is 19.1. The summed E-state index contributed by atoms with van der Waals surface area (Å²) in [7, 11) is 0. The Labute approximate surface area is 167 Å². The number of nitrogens with zero attached hydrogens (tertiary/aromatic N) is 2. The number of carboxylic acid groups (broad SMARTS) is 1. The van der Waals surface area contributed by atoms with Gasteiger partial charge in [-0.1, -0.05) is 24.3 Å². The number of aliphatic carboxylic acids is 1. The molecule has 0 aliphatic heterocycles. The fourth-order valence-electron chi connectivity index (χ4n) is 3.29. The molecule has 0 unspecified atom stereocenters. The van der Waals surface area contributed by atoms with Gasteiger partial charge in [-0.2, -0.15) is 4.98 Å². The van der Waals surface area contributed by atoms with Crippen LogP contribution in [0.3, 0.4) is 0 Å². The van der Waals surface area contributed by atoms with Crippen molar-refractivity contribution in [2.45, 2.75) is 12.8 Å². The molecule has 0 saturated heterocycles. The Kier molecular flexibility index (Phi) is 4.34. The maximum absolute atomic E-state index is 10.8. The lowest BCUT2D eigenvalue weighted by atomic mass is 9.98. The number of nitrogen functional groups attached to an aromatic ring is 2. The molecule has 4 aromatic rings. The summed E-state index contributed by atoms with van der Waals surface area (Å²) in [6, 6.07) is 9.80. The zero-order valence-electron chi connectivity index (χ0n) is 14.2. The summed E-state index contributed by atoms with van der Waals surface area (Å²) in [6.45, 7) is 0. The van der Waals surface area contributed by atoms with Crippen LogP contribution in [0.15, 0.2) is 36.5 Å². The number of halogens is 1. The Morgan fingerprint density at radius 2 is 1.93 bits per heavy atom. The van der Waals surface area contributed by atoms with E-state index >= 15 is 0 Å². The van der Waals surface area contributed by atoms with Crippen LogP contribution in [0.25, 0.3) is 32.9 Å².